The van der Waals surface area contributed by atoms with Crippen LogP contribution < -0.4 is 4.90 Å². The second-order valence-corrected chi connectivity index (χ2v) is 7.10. The van der Waals surface area contributed by atoms with E-state index in [2.05, 4.69) is 9.88 Å². The van der Waals surface area contributed by atoms with E-state index in [1.165, 1.54) is 4.88 Å². The van der Waals surface area contributed by atoms with Crippen LogP contribution in [0.25, 0.3) is 0 Å². The average Bonchev–Trinajstić information content (AvgIpc) is 2.81. The van der Waals surface area contributed by atoms with Crippen LogP contribution in [0, 0.1) is 6.92 Å². The number of thiophene rings is 1. The molecule has 0 bridgehead atoms. The Morgan fingerprint density at radius 1 is 1.18 bits per heavy atom. The molecule has 1 fully saturated rings. The highest BCUT2D eigenvalue weighted by Gasteiger charge is 2.21. The summed E-state index contributed by atoms with van der Waals surface area (Å²) >= 11 is 7.45. The zero-order valence-electron chi connectivity index (χ0n) is 12.5. The van der Waals surface area contributed by atoms with E-state index in [1.807, 2.05) is 36.1 Å². The zero-order valence-corrected chi connectivity index (χ0v) is 14.0. The van der Waals surface area contributed by atoms with E-state index in [0.29, 0.717) is 5.02 Å². The number of nitrogens with zero attached hydrogens (tertiary/aromatic N) is 3. The number of hydrogen-bond acceptors (Lipinski definition) is 4. The third kappa shape index (κ3) is 3.42. The van der Waals surface area contributed by atoms with E-state index in [1.54, 1.807) is 17.5 Å². The molecule has 1 aliphatic rings. The van der Waals surface area contributed by atoms with Gasteiger partial charge >= 0.3 is 0 Å². The first-order valence-electron chi connectivity index (χ1n) is 7.36. The number of carbonyl (C=O) groups is 1. The van der Waals surface area contributed by atoms with Gasteiger partial charge in [0.1, 0.15) is 5.82 Å². The van der Waals surface area contributed by atoms with Gasteiger partial charge in [-0.2, -0.15) is 0 Å². The summed E-state index contributed by atoms with van der Waals surface area (Å²) in [6, 6.07) is 7.71. The number of anilines is 1. The molecule has 0 aromatic carbocycles. The minimum atomic E-state index is 0.143. The predicted molar refractivity (Wildman–Crippen MR) is 91.0 cm³/mol. The number of amides is 1. The van der Waals surface area contributed by atoms with Crippen LogP contribution in [0.5, 0.6) is 0 Å². The summed E-state index contributed by atoms with van der Waals surface area (Å²) < 4.78 is 0. The van der Waals surface area contributed by atoms with Crippen LogP contribution in [0.3, 0.4) is 0 Å². The number of aryl methyl sites for hydroxylation is 1. The second-order valence-electron chi connectivity index (χ2n) is 5.38. The average molecular weight is 336 g/mol. The molecule has 0 aliphatic carbocycles. The van der Waals surface area contributed by atoms with Crippen molar-refractivity contribution in [2.45, 2.75) is 13.3 Å². The molecule has 0 atom stereocenters. The molecular formula is C16H18ClN3OS. The quantitative estimate of drug-likeness (QED) is 0.843. The van der Waals surface area contributed by atoms with Gasteiger partial charge in [-0.1, -0.05) is 11.6 Å². The number of pyridine rings is 1. The SMILES string of the molecule is Cc1ccc(C(=O)N2CCCN(c3ccc(Cl)cn3)CC2)s1. The zero-order chi connectivity index (χ0) is 15.5. The van der Waals surface area contributed by atoms with Crippen molar-refractivity contribution in [3.05, 3.63) is 45.2 Å². The molecule has 22 heavy (non-hydrogen) atoms. The fourth-order valence-electron chi connectivity index (χ4n) is 2.61. The summed E-state index contributed by atoms with van der Waals surface area (Å²) in [7, 11) is 0. The minimum absolute atomic E-state index is 0.143. The van der Waals surface area contributed by atoms with Crippen LogP contribution in [-0.2, 0) is 0 Å². The van der Waals surface area contributed by atoms with Crippen LogP contribution in [-0.4, -0.2) is 42.0 Å². The van der Waals surface area contributed by atoms with E-state index in [4.69, 9.17) is 11.6 Å². The monoisotopic (exact) mass is 335 g/mol. The molecule has 1 amide bonds. The van der Waals surface area contributed by atoms with Gasteiger partial charge in [0.2, 0.25) is 0 Å². The maximum Gasteiger partial charge on any atom is 0.263 e. The highest BCUT2D eigenvalue weighted by molar-refractivity contribution is 7.13. The van der Waals surface area contributed by atoms with Crippen molar-refractivity contribution < 1.29 is 4.79 Å². The van der Waals surface area contributed by atoms with Gasteiger partial charge in [-0.25, -0.2) is 4.98 Å². The Morgan fingerprint density at radius 3 is 2.73 bits per heavy atom. The maximum absolute atomic E-state index is 12.5. The summed E-state index contributed by atoms with van der Waals surface area (Å²) in [5.74, 6) is 1.06. The molecule has 0 unspecified atom stereocenters. The van der Waals surface area contributed by atoms with E-state index in [-0.39, 0.29) is 5.91 Å². The third-order valence-electron chi connectivity index (χ3n) is 3.77. The molecule has 4 nitrogen and oxygen atoms in total. The first-order valence-corrected chi connectivity index (χ1v) is 8.55. The number of carbonyl (C=O) groups excluding carboxylic acids is 1. The molecule has 2 aromatic rings. The Balaban J connectivity index is 1.67. The van der Waals surface area contributed by atoms with Gasteiger partial charge in [-0.05, 0) is 37.6 Å². The highest BCUT2D eigenvalue weighted by Crippen LogP contribution is 2.20. The molecule has 0 spiro atoms. The molecule has 0 radical (unpaired) electrons. The minimum Gasteiger partial charge on any atom is -0.355 e. The fraction of sp³-hybridized carbons (Fsp3) is 0.375. The molecule has 6 heteroatoms. The van der Waals surface area contributed by atoms with Crippen molar-refractivity contribution >= 4 is 34.7 Å². The molecule has 0 N–H and O–H groups in total. The maximum atomic E-state index is 12.5. The normalized spacial score (nSPS) is 15.7. The Morgan fingerprint density at radius 2 is 2.05 bits per heavy atom. The summed E-state index contributed by atoms with van der Waals surface area (Å²) in [6.07, 6.45) is 2.61. The van der Waals surface area contributed by atoms with E-state index >= 15 is 0 Å². The molecule has 2 aromatic heterocycles. The van der Waals surface area contributed by atoms with Crippen LogP contribution >= 0.6 is 22.9 Å². The van der Waals surface area contributed by atoms with Gasteiger partial charge in [0.05, 0.1) is 9.90 Å². The van der Waals surface area contributed by atoms with Gasteiger partial charge < -0.3 is 9.80 Å². The summed E-state index contributed by atoms with van der Waals surface area (Å²) in [5, 5.41) is 0.642. The molecule has 3 heterocycles. The summed E-state index contributed by atoms with van der Waals surface area (Å²) in [6.45, 7) is 5.24. The van der Waals surface area contributed by atoms with Gasteiger partial charge in [-0.15, -0.1) is 11.3 Å². The Labute approximate surface area is 139 Å². The first kappa shape index (κ1) is 15.3. The van der Waals surface area contributed by atoms with Crippen molar-refractivity contribution in [1.29, 1.82) is 0 Å². The molecular weight excluding hydrogens is 318 g/mol. The van der Waals surface area contributed by atoms with Crippen molar-refractivity contribution in [3.63, 3.8) is 0 Å². The largest absolute Gasteiger partial charge is 0.355 e. The lowest BCUT2D eigenvalue weighted by atomic mass is 10.3. The highest BCUT2D eigenvalue weighted by atomic mass is 35.5. The molecule has 0 saturated carbocycles. The van der Waals surface area contributed by atoms with Gasteiger partial charge in [0, 0.05) is 37.3 Å². The lowest BCUT2D eigenvalue weighted by Gasteiger charge is -2.22. The number of rotatable bonds is 2. The number of aromatic nitrogens is 1. The number of hydrogen-bond donors (Lipinski definition) is 0. The standard InChI is InChI=1S/C16H18ClN3OS/c1-12-3-5-14(22-12)16(21)20-8-2-7-19(9-10-20)15-6-4-13(17)11-18-15/h3-6,11H,2,7-10H2,1H3. The van der Waals surface area contributed by atoms with E-state index in [9.17, 15) is 4.79 Å². The van der Waals surface area contributed by atoms with Gasteiger partial charge in [0.25, 0.3) is 5.91 Å². The Kier molecular flexibility index (Phi) is 4.64. The topological polar surface area (TPSA) is 36.4 Å². The van der Waals surface area contributed by atoms with Crippen LogP contribution in [0.15, 0.2) is 30.5 Å². The Bertz CT molecular complexity index is 656. The third-order valence-corrected chi connectivity index (χ3v) is 4.98. The summed E-state index contributed by atoms with van der Waals surface area (Å²) in [4.78, 5) is 23.1. The fourth-order valence-corrected chi connectivity index (χ4v) is 3.56. The molecule has 1 saturated heterocycles. The van der Waals surface area contributed by atoms with E-state index < -0.39 is 0 Å². The van der Waals surface area contributed by atoms with Crippen molar-refractivity contribution in [2.24, 2.45) is 0 Å². The van der Waals surface area contributed by atoms with Crippen LogP contribution in [0.1, 0.15) is 21.0 Å². The molecule has 1 aliphatic heterocycles. The predicted octanol–water partition coefficient (Wildman–Crippen LogP) is 3.46. The first-order chi connectivity index (χ1) is 10.6. The second kappa shape index (κ2) is 6.67. The van der Waals surface area contributed by atoms with Gasteiger partial charge in [-0.3, -0.25) is 4.79 Å². The van der Waals surface area contributed by atoms with E-state index in [0.717, 1.165) is 43.3 Å². The Hall–Kier alpha value is -1.59. The van der Waals surface area contributed by atoms with Crippen molar-refractivity contribution in [1.82, 2.24) is 9.88 Å². The lowest BCUT2D eigenvalue weighted by Crippen LogP contribution is -2.35. The summed E-state index contributed by atoms with van der Waals surface area (Å²) in [5.41, 5.74) is 0. The smallest absolute Gasteiger partial charge is 0.263 e. The van der Waals surface area contributed by atoms with Crippen molar-refractivity contribution in [3.8, 4) is 0 Å². The van der Waals surface area contributed by atoms with Gasteiger partial charge in [0.15, 0.2) is 0 Å². The van der Waals surface area contributed by atoms with Crippen LogP contribution in [0.4, 0.5) is 5.82 Å². The van der Waals surface area contributed by atoms with Crippen LogP contribution in [0.2, 0.25) is 5.02 Å². The van der Waals surface area contributed by atoms with Crippen molar-refractivity contribution in [2.75, 3.05) is 31.1 Å². The molecule has 3 rings (SSSR count). The molecule has 116 valence electrons. The number of halogens is 1. The lowest BCUT2D eigenvalue weighted by molar-refractivity contribution is 0.0772.